The van der Waals surface area contributed by atoms with Crippen LogP contribution in [-0.2, 0) is 6.54 Å². The first-order chi connectivity index (χ1) is 6.24. The van der Waals surface area contributed by atoms with E-state index in [4.69, 9.17) is 5.11 Å². The molecule has 1 aromatic rings. The molecule has 0 aromatic heterocycles. The molecule has 1 N–H and O–H groups in total. The Hall–Kier alpha value is -0.860. The van der Waals surface area contributed by atoms with Gasteiger partial charge in [-0.25, -0.2) is 0 Å². The lowest BCUT2D eigenvalue weighted by Crippen LogP contribution is -2.31. The van der Waals surface area contributed by atoms with Crippen molar-refractivity contribution in [2.45, 2.75) is 19.5 Å². The fourth-order valence-corrected chi connectivity index (χ4v) is 1.17. The smallest absolute Gasteiger partial charge is 0.0584 e. The van der Waals surface area contributed by atoms with Crippen LogP contribution in [0.5, 0.6) is 0 Å². The predicted octanol–water partition coefficient (Wildman–Crippen LogP) is 1.50. The number of aliphatic hydroxyl groups excluding tert-OH is 1. The van der Waals surface area contributed by atoms with Crippen molar-refractivity contribution in [1.82, 2.24) is 4.90 Å². The van der Waals surface area contributed by atoms with E-state index in [9.17, 15) is 0 Å². The minimum absolute atomic E-state index is 0.212. The average Bonchev–Trinajstić information content (AvgIpc) is 2.18. The highest BCUT2D eigenvalue weighted by Gasteiger charge is 2.06. The van der Waals surface area contributed by atoms with Gasteiger partial charge >= 0.3 is 0 Å². The monoisotopic (exact) mass is 179 g/mol. The van der Waals surface area contributed by atoms with E-state index < -0.39 is 0 Å². The minimum atomic E-state index is 0.212. The Balaban J connectivity index is 2.50. The van der Waals surface area contributed by atoms with E-state index in [1.165, 1.54) is 5.56 Å². The molecule has 1 atom stereocenters. The molecule has 1 aromatic carbocycles. The number of hydrogen-bond acceptors (Lipinski definition) is 2. The van der Waals surface area contributed by atoms with E-state index in [1.54, 1.807) is 0 Å². The lowest BCUT2D eigenvalue weighted by molar-refractivity contribution is 0.154. The molecule has 72 valence electrons. The largest absolute Gasteiger partial charge is 0.395 e. The lowest BCUT2D eigenvalue weighted by atomic mass is 10.2. The Morgan fingerprint density at radius 1 is 1.31 bits per heavy atom. The second kappa shape index (κ2) is 5.00. The molecule has 0 aliphatic heterocycles. The third-order valence-corrected chi connectivity index (χ3v) is 2.29. The molecule has 0 radical (unpaired) electrons. The Bertz CT molecular complexity index is 235. The molecule has 0 heterocycles. The Labute approximate surface area is 79.8 Å². The summed E-state index contributed by atoms with van der Waals surface area (Å²) in [5.74, 6) is 0. The molecule has 2 nitrogen and oxygen atoms in total. The third kappa shape index (κ3) is 3.17. The molecule has 0 amide bonds. The molecule has 0 saturated carbocycles. The molecule has 1 rings (SSSR count). The molecule has 2 heteroatoms. The topological polar surface area (TPSA) is 23.5 Å². The molecular weight excluding hydrogens is 162 g/mol. The molecule has 13 heavy (non-hydrogen) atoms. The lowest BCUT2D eigenvalue weighted by Gasteiger charge is -2.22. The summed E-state index contributed by atoms with van der Waals surface area (Å²) >= 11 is 0. The summed E-state index contributed by atoms with van der Waals surface area (Å²) in [6.07, 6.45) is 0. The van der Waals surface area contributed by atoms with Gasteiger partial charge in [-0.3, -0.25) is 4.90 Å². The van der Waals surface area contributed by atoms with Crippen molar-refractivity contribution in [2.24, 2.45) is 0 Å². The normalized spacial score (nSPS) is 13.2. The molecule has 1 unspecified atom stereocenters. The van der Waals surface area contributed by atoms with Gasteiger partial charge in [-0.05, 0) is 19.5 Å². The summed E-state index contributed by atoms with van der Waals surface area (Å²) < 4.78 is 0. The van der Waals surface area contributed by atoms with Gasteiger partial charge in [0.25, 0.3) is 0 Å². The number of likely N-dealkylation sites (N-methyl/N-ethyl adjacent to an activating group) is 1. The van der Waals surface area contributed by atoms with Crippen LogP contribution in [0, 0.1) is 0 Å². The molecule has 0 aliphatic rings. The molecular formula is C11H17NO. The van der Waals surface area contributed by atoms with Crippen LogP contribution in [0.25, 0.3) is 0 Å². The summed E-state index contributed by atoms with van der Waals surface area (Å²) in [6.45, 7) is 3.12. The van der Waals surface area contributed by atoms with E-state index in [0.717, 1.165) is 6.54 Å². The third-order valence-electron chi connectivity index (χ3n) is 2.29. The number of rotatable bonds is 4. The first-order valence-corrected chi connectivity index (χ1v) is 4.59. The second-order valence-electron chi connectivity index (χ2n) is 3.43. The maximum Gasteiger partial charge on any atom is 0.0584 e. The van der Waals surface area contributed by atoms with Crippen LogP contribution in [0.15, 0.2) is 30.3 Å². The molecule has 0 saturated heterocycles. The summed E-state index contributed by atoms with van der Waals surface area (Å²) in [6, 6.07) is 10.5. The maximum atomic E-state index is 8.94. The summed E-state index contributed by atoms with van der Waals surface area (Å²) in [4.78, 5) is 2.13. The van der Waals surface area contributed by atoms with Gasteiger partial charge in [-0.1, -0.05) is 30.3 Å². The Morgan fingerprint density at radius 2 is 1.92 bits per heavy atom. The second-order valence-corrected chi connectivity index (χ2v) is 3.43. The summed E-state index contributed by atoms with van der Waals surface area (Å²) in [7, 11) is 2.02. The summed E-state index contributed by atoms with van der Waals surface area (Å²) in [5.41, 5.74) is 1.28. The zero-order valence-corrected chi connectivity index (χ0v) is 8.27. The van der Waals surface area contributed by atoms with Gasteiger partial charge in [-0.15, -0.1) is 0 Å². The van der Waals surface area contributed by atoms with Crippen LogP contribution in [-0.4, -0.2) is 29.7 Å². The fourth-order valence-electron chi connectivity index (χ4n) is 1.17. The van der Waals surface area contributed by atoms with Gasteiger partial charge in [0.1, 0.15) is 0 Å². The van der Waals surface area contributed by atoms with E-state index in [2.05, 4.69) is 17.0 Å². The fraction of sp³-hybridized carbons (Fsp3) is 0.455. The van der Waals surface area contributed by atoms with Crippen molar-refractivity contribution >= 4 is 0 Å². The van der Waals surface area contributed by atoms with E-state index in [-0.39, 0.29) is 12.6 Å². The van der Waals surface area contributed by atoms with Gasteiger partial charge in [0.15, 0.2) is 0 Å². The van der Waals surface area contributed by atoms with Crippen molar-refractivity contribution in [3.63, 3.8) is 0 Å². The van der Waals surface area contributed by atoms with Gasteiger partial charge in [0.2, 0.25) is 0 Å². The van der Waals surface area contributed by atoms with Crippen LogP contribution in [0.2, 0.25) is 0 Å². The number of aliphatic hydroxyl groups is 1. The maximum absolute atomic E-state index is 8.94. The van der Waals surface area contributed by atoms with Crippen LogP contribution in [0.4, 0.5) is 0 Å². The quantitative estimate of drug-likeness (QED) is 0.757. The predicted molar refractivity (Wildman–Crippen MR) is 54.5 cm³/mol. The number of nitrogens with zero attached hydrogens (tertiary/aromatic N) is 1. The van der Waals surface area contributed by atoms with Gasteiger partial charge < -0.3 is 5.11 Å². The number of hydrogen-bond donors (Lipinski definition) is 1. The van der Waals surface area contributed by atoms with Crippen molar-refractivity contribution in [2.75, 3.05) is 13.7 Å². The molecule has 0 fully saturated rings. The van der Waals surface area contributed by atoms with Crippen LogP contribution in [0.1, 0.15) is 12.5 Å². The Kier molecular flexibility index (Phi) is 3.93. The molecule has 0 bridgehead atoms. The van der Waals surface area contributed by atoms with Crippen LogP contribution < -0.4 is 0 Å². The van der Waals surface area contributed by atoms with E-state index in [0.29, 0.717) is 0 Å². The van der Waals surface area contributed by atoms with Crippen molar-refractivity contribution in [3.05, 3.63) is 35.9 Å². The minimum Gasteiger partial charge on any atom is -0.395 e. The standard InChI is InChI=1S/C11H17NO/c1-10(9-13)12(2)8-11-6-4-3-5-7-11/h3-7,10,13H,8-9H2,1-2H3. The van der Waals surface area contributed by atoms with Crippen LogP contribution >= 0.6 is 0 Å². The Morgan fingerprint density at radius 3 is 2.46 bits per heavy atom. The van der Waals surface area contributed by atoms with Gasteiger partial charge in [0, 0.05) is 12.6 Å². The summed E-state index contributed by atoms with van der Waals surface area (Å²) in [5, 5.41) is 8.94. The highest BCUT2D eigenvalue weighted by atomic mass is 16.3. The highest BCUT2D eigenvalue weighted by Crippen LogP contribution is 2.04. The zero-order valence-electron chi connectivity index (χ0n) is 8.27. The molecule has 0 aliphatic carbocycles. The molecule has 0 spiro atoms. The highest BCUT2D eigenvalue weighted by molar-refractivity contribution is 5.14. The van der Waals surface area contributed by atoms with E-state index >= 15 is 0 Å². The number of benzene rings is 1. The van der Waals surface area contributed by atoms with Crippen molar-refractivity contribution < 1.29 is 5.11 Å². The van der Waals surface area contributed by atoms with Crippen LogP contribution in [0.3, 0.4) is 0 Å². The van der Waals surface area contributed by atoms with E-state index in [1.807, 2.05) is 32.2 Å². The SMILES string of the molecule is CC(CO)N(C)Cc1ccccc1. The first kappa shape index (κ1) is 10.2. The zero-order chi connectivity index (χ0) is 9.68. The van der Waals surface area contributed by atoms with Crippen molar-refractivity contribution in [1.29, 1.82) is 0 Å². The van der Waals surface area contributed by atoms with Gasteiger partial charge in [-0.2, -0.15) is 0 Å². The van der Waals surface area contributed by atoms with Crippen molar-refractivity contribution in [3.8, 4) is 0 Å². The van der Waals surface area contributed by atoms with Gasteiger partial charge in [0.05, 0.1) is 6.61 Å². The average molecular weight is 179 g/mol. The first-order valence-electron chi connectivity index (χ1n) is 4.59.